The first kappa shape index (κ1) is 26.7. The Morgan fingerprint density at radius 3 is 2.25 bits per heavy atom. The SMILES string of the molecule is CC(=C(F)C(=O)Nc1ccc(-c2ccccc2S(=O)(=O)NC(C)(C)C)cc1)c1ccc(F)c(C#N)c1. The molecule has 0 aliphatic rings. The molecule has 0 saturated heterocycles. The number of nitriles is 1. The van der Waals surface area contributed by atoms with Crippen LogP contribution in [-0.2, 0) is 14.8 Å². The Morgan fingerprint density at radius 2 is 1.64 bits per heavy atom. The van der Waals surface area contributed by atoms with Crippen LogP contribution >= 0.6 is 0 Å². The fourth-order valence-corrected chi connectivity index (χ4v) is 5.11. The minimum absolute atomic E-state index is 0.0499. The van der Waals surface area contributed by atoms with Gasteiger partial charge in [0.25, 0.3) is 5.91 Å². The van der Waals surface area contributed by atoms with Gasteiger partial charge in [-0.2, -0.15) is 5.26 Å². The number of sulfonamides is 1. The zero-order chi connectivity index (χ0) is 26.7. The van der Waals surface area contributed by atoms with E-state index in [1.165, 1.54) is 37.3 Å². The number of hydrogen-bond acceptors (Lipinski definition) is 4. The second-order valence-electron chi connectivity index (χ2n) is 9.13. The van der Waals surface area contributed by atoms with Crippen molar-refractivity contribution in [2.24, 2.45) is 0 Å². The van der Waals surface area contributed by atoms with E-state index in [-0.39, 0.29) is 27.3 Å². The van der Waals surface area contributed by atoms with E-state index in [0.29, 0.717) is 11.1 Å². The zero-order valence-corrected chi connectivity index (χ0v) is 21.0. The van der Waals surface area contributed by atoms with Gasteiger partial charge in [-0.05, 0) is 74.7 Å². The highest BCUT2D eigenvalue weighted by atomic mass is 32.2. The molecule has 3 aromatic carbocycles. The van der Waals surface area contributed by atoms with Crippen LogP contribution in [0.15, 0.2) is 77.5 Å². The molecule has 2 N–H and O–H groups in total. The molecule has 3 aromatic rings. The van der Waals surface area contributed by atoms with Crippen LogP contribution < -0.4 is 10.0 Å². The molecule has 1 amide bonds. The number of carbonyl (C=O) groups is 1. The number of halogens is 2. The lowest BCUT2D eigenvalue weighted by molar-refractivity contribution is -0.114. The van der Waals surface area contributed by atoms with Crippen molar-refractivity contribution >= 4 is 27.2 Å². The highest BCUT2D eigenvalue weighted by Gasteiger charge is 2.24. The number of hydrogen-bond donors (Lipinski definition) is 2. The van der Waals surface area contributed by atoms with E-state index in [4.69, 9.17) is 5.26 Å². The highest BCUT2D eigenvalue weighted by molar-refractivity contribution is 7.89. The van der Waals surface area contributed by atoms with Gasteiger partial charge in [0.2, 0.25) is 10.0 Å². The molecule has 3 rings (SSSR count). The lowest BCUT2D eigenvalue weighted by atomic mass is 10.0. The summed E-state index contributed by atoms with van der Waals surface area (Å²) in [6, 6.07) is 18.0. The van der Waals surface area contributed by atoms with Crippen molar-refractivity contribution in [1.82, 2.24) is 4.72 Å². The van der Waals surface area contributed by atoms with Gasteiger partial charge in [-0.1, -0.05) is 36.4 Å². The molecule has 0 unspecified atom stereocenters. The molecule has 0 heterocycles. The number of carbonyl (C=O) groups excluding carboxylic acids is 1. The third kappa shape index (κ3) is 6.22. The molecule has 186 valence electrons. The van der Waals surface area contributed by atoms with Gasteiger partial charge in [0.05, 0.1) is 10.5 Å². The molecule has 0 spiro atoms. The molecule has 6 nitrogen and oxygen atoms in total. The molecule has 0 radical (unpaired) electrons. The first-order valence-electron chi connectivity index (χ1n) is 10.9. The van der Waals surface area contributed by atoms with Crippen LogP contribution in [-0.4, -0.2) is 19.9 Å². The van der Waals surface area contributed by atoms with E-state index in [1.54, 1.807) is 57.2 Å². The summed E-state index contributed by atoms with van der Waals surface area (Å²) in [6.07, 6.45) is 0. The van der Waals surface area contributed by atoms with Crippen LogP contribution in [0.1, 0.15) is 38.8 Å². The predicted molar refractivity (Wildman–Crippen MR) is 135 cm³/mol. The van der Waals surface area contributed by atoms with Crippen molar-refractivity contribution in [3.8, 4) is 17.2 Å². The molecule has 9 heteroatoms. The number of benzene rings is 3. The maximum atomic E-state index is 14.8. The van der Waals surface area contributed by atoms with Gasteiger partial charge >= 0.3 is 0 Å². The van der Waals surface area contributed by atoms with Gasteiger partial charge in [-0.25, -0.2) is 21.9 Å². The van der Waals surface area contributed by atoms with Crippen molar-refractivity contribution in [1.29, 1.82) is 5.26 Å². The summed E-state index contributed by atoms with van der Waals surface area (Å²) in [5.41, 5.74) is 0.583. The van der Waals surface area contributed by atoms with E-state index in [1.807, 2.05) is 0 Å². The fraction of sp³-hybridized carbons (Fsp3) is 0.185. The molecule has 0 bridgehead atoms. The molecule has 36 heavy (non-hydrogen) atoms. The quantitative estimate of drug-likeness (QED) is 0.412. The number of anilines is 1. The Kier molecular flexibility index (Phi) is 7.72. The summed E-state index contributed by atoms with van der Waals surface area (Å²) in [5.74, 6) is -2.83. The minimum atomic E-state index is -3.80. The summed E-state index contributed by atoms with van der Waals surface area (Å²) < 4.78 is 56.8. The Balaban J connectivity index is 1.85. The van der Waals surface area contributed by atoms with Crippen LogP contribution in [0.4, 0.5) is 14.5 Å². The largest absolute Gasteiger partial charge is 0.320 e. The summed E-state index contributed by atoms with van der Waals surface area (Å²) in [6.45, 7) is 6.60. The Bertz CT molecular complexity index is 1480. The maximum Gasteiger partial charge on any atom is 0.284 e. The average molecular weight is 510 g/mol. The molecule has 0 atom stereocenters. The zero-order valence-electron chi connectivity index (χ0n) is 20.2. The number of amides is 1. The van der Waals surface area contributed by atoms with E-state index < -0.39 is 33.1 Å². The third-order valence-corrected chi connectivity index (χ3v) is 6.94. The lowest BCUT2D eigenvalue weighted by Gasteiger charge is -2.21. The molecular formula is C27H25F2N3O3S. The first-order chi connectivity index (χ1) is 16.8. The molecule has 0 aliphatic heterocycles. The standard InChI is InChI=1S/C27H25F2N3O3S/c1-17(19-11-14-23(28)20(15-19)16-30)25(29)26(33)31-21-12-9-18(10-13-21)22-7-5-6-8-24(22)36(34,35)32-27(2,3)4/h5-15,32H,1-4H3,(H,31,33). The van der Waals surface area contributed by atoms with Gasteiger partial charge < -0.3 is 5.32 Å². The van der Waals surface area contributed by atoms with Gasteiger partial charge in [0.15, 0.2) is 5.83 Å². The van der Waals surface area contributed by atoms with Crippen molar-refractivity contribution in [2.45, 2.75) is 38.1 Å². The predicted octanol–water partition coefficient (Wildman–Crippen LogP) is 5.78. The van der Waals surface area contributed by atoms with Crippen LogP contribution in [0.2, 0.25) is 0 Å². The van der Waals surface area contributed by atoms with E-state index in [2.05, 4.69) is 10.0 Å². The molecule has 0 fully saturated rings. The smallest absolute Gasteiger partial charge is 0.284 e. The topological polar surface area (TPSA) is 99.1 Å². The van der Waals surface area contributed by atoms with Crippen LogP contribution in [0.25, 0.3) is 16.7 Å². The van der Waals surface area contributed by atoms with Crippen molar-refractivity contribution < 1.29 is 22.0 Å². The van der Waals surface area contributed by atoms with Crippen molar-refractivity contribution in [2.75, 3.05) is 5.32 Å². The summed E-state index contributed by atoms with van der Waals surface area (Å²) in [4.78, 5) is 12.6. The number of rotatable bonds is 6. The average Bonchev–Trinajstić information content (AvgIpc) is 2.82. The lowest BCUT2D eigenvalue weighted by Crippen LogP contribution is -2.40. The van der Waals surface area contributed by atoms with Crippen molar-refractivity contribution in [3.63, 3.8) is 0 Å². The third-order valence-electron chi connectivity index (χ3n) is 5.12. The van der Waals surface area contributed by atoms with Crippen molar-refractivity contribution in [3.05, 3.63) is 89.5 Å². The number of nitrogens with zero attached hydrogens (tertiary/aromatic N) is 1. The van der Waals surface area contributed by atoms with Crippen LogP contribution in [0.3, 0.4) is 0 Å². The molecule has 0 aliphatic carbocycles. The second-order valence-corrected chi connectivity index (χ2v) is 10.8. The van der Waals surface area contributed by atoms with Crippen LogP contribution in [0, 0.1) is 17.1 Å². The monoisotopic (exact) mass is 509 g/mol. The Hall–Kier alpha value is -3.87. The van der Waals surface area contributed by atoms with Gasteiger partial charge in [-0.3, -0.25) is 4.79 Å². The summed E-state index contributed by atoms with van der Waals surface area (Å²) in [5, 5.41) is 11.4. The highest BCUT2D eigenvalue weighted by Crippen LogP contribution is 2.29. The molecule has 0 aromatic heterocycles. The minimum Gasteiger partial charge on any atom is -0.320 e. The van der Waals surface area contributed by atoms with E-state index in [9.17, 15) is 22.0 Å². The van der Waals surface area contributed by atoms with E-state index >= 15 is 0 Å². The fourth-order valence-electron chi connectivity index (χ4n) is 3.46. The van der Waals surface area contributed by atoms with Gasteiger partial charge in [0, 0.05) is 16.8 Å². The second kappa shape index (κ2) is 10.4. The summed E-state index contributed by atoms with van der Waals surface area (Å²) >= 11 is 0. The normalized spacial score (nSPS) is 12.5. The molecule has 0 saturated carbocycles. The summed E-state index contributed by atoms with van der Waals surface area (Å²) in [7, 11) is -3.80. The van der Waals surface area contributed by atoms with Crippen LogP contribution in [0.5, 0.6) is 0 Å². The number of allylic oxidation sites excluding steroid dienone is 1. The van der Waals surface area contributed by atoms with Gasteiger partial charge in [-0.15, -0.1) is 0 Å². The van der Waals surface area contributed by atoms with E-state index in [0.717, 1.165) is 6.07 Å². The molecular weight excluding hydrogens is 484 g/mol. The maximum absolute atomic E-state index is 14.8. The Morgan fingerprint density at radius 1 is 1.00 bits per heavy atom. The first-order valence-corrected chi connectivity index (χ1v) is 12.4. The number of nitrogens with one attached hydrogen (secondary N) is 2. The van der Waals surface area contributed by atoms with Gasteiger partial charge in [0.1, 0.15) is 11.9 Å². The Labute approximate surface area is 209 Å².